The van der Waals surface area contributed by atoms with Crippen molar-refractivity contribution in [1.29, 1.82) is 0 Å². The van der Waals surface area contributed by atoms with Crippen LogP contribution in [0.5, 0.6) is 11.5 Å². The van der Waals surface area contributed by atoms with E-state index >= 15 is 0 Å². The van der Waals surface area contributed by atoms with Crippen molar-refractivity contribution in [3.63, 3.8) is 0 Å². The van der Waals surface area contributed by atoms with Crippen LogP contribution >= 0.6 is 11.6 Å². The van der Waals surface area contributed by atoms with Crippen LogP contribution in [0, 0.1) is 5.82 Å². The lowest BCUT2D eigenvalue weighted by Crippen LogP contribution is -2.29. The zero-order valence-electron chi connectivity index (χ0n) is 14.7. The molecule has 0 N–H and O–H groups in total. The molecule has 0 aromatic heterocycles. The molecule has 28 heavy (non-hydrogen) atoms. The van der Waals surface area contributed by atoms with Crippen LogP contribution in [0.2, 0.25) is 0 Å². The van der Waals surface area contributed by atoms with Crippen molar-refractivity contribution < 1.29 is 31.8 Å². The fourth-order valence-electron chi connectivity index (χ4n) is 3.19. The molecule has 0 aliphatic carbocycles. The second kappa shape index (κ2) is 7.87. The number of nitrogens with zero attached hydrogens (tertiary/aromatic N) is 1. The van der Waals surface area contributed by atoms with E-state index < -0.39 is 23.6 Å². The summed E-state index contributed by atoms with van der Waals surface area (Å²) in [5.74, 6) is -0.841. The van der Waals surface area contributed by atoms with Gasteiger partial charge in [-0.05, 0) is 30.2 Å². The topological polar surface area (TPSA) is 38.8 Å². The maximum atomic E-state index is 13.5. The lowest BCUT2D eigenvalue weighted by Gasteiger charge is -2.26. The van der Waals surface area contributed by atoms with Crippen LogP contribution in [-0.2, 0) is 11.3 Å². The number of alkyl halides is 4. The van der Waals surface area contributed by atoms with E-state index in [-0.39, 0.29) is 18.2 Å². The first-order chi connectivity index (χ1) is 13.2. The molecule has 9 heteroatoms. The van der Waals surface area contributed by atoms with E-state index in [0.717, 1.165) is 0 Å². The number of methoxy groups -OCH3 is 1. The number of rotatable bonds is 5. The molecule has 1 saturated heterocycles. The van der Waals surface area contributed by atoms with E-state index in [4.69, 9.17) is 16.3 Å². The molecule has 0 saturated carbocycles. The van der Waals surface area contributed by atoms with Gasteiger partial charge in [0.1, 0.15) is 22.7 Å². The van der Waals surface area contributed by atoms with Crippen molar-refractivity contribution in [2.24, 2.45) is 0 Å². The number of likely N-dealkylation sites (tertiary alicyclic amines) is 1. The number of ether oxygens (including phenoxy) is 2. The number of hydrogen-bond donors (Lipinski definition) is 0. The molecule has 2 aromatic carbocycles. The summed E-state index contributed by atoms with van der Waals surface area (Å²) in [6.07, 6.45) is -4.47. The summed E-state index contributed by atoms with van der Waals surface area (Å²) in [6.45, 7) is 0.125. The third kappa shape index (κ3) is 4.49. The van der Waals surface area contributed by atoms with E-state index in [2.05, 4.69) is 4.74 Å². The fraction of sp³-hybridized carbons (Fsp3) is 0.316. The van der Waals surface area contributed by atoms with Gasteiger partial charge in [0.05, 0.1) is 13.2 Å². The summed E-state index contributed by atoms with van der Waals surface area (Å²) >= 11 is 6.14. The van der Waals surface area contributed by atoms with E-state index in [0.29, 0.717) is 23.3 Å². The minimum atomic E-state index is -4.78. The van der Waals surface area contributed by atoms with E-state index in [1.807, 2.05) is 0 Å². The van der Waals surface area contributed by atoms with Crippen LogP contribution in [0.25, 0.3) is 0 Å². The van der Waals surface area contributed by atoms with Gasteiger partial charge in [-0.1, -0.05) is 18.2 Å². The van der Waals surface area contributed by atoms with Gasteiger partial charge in [0.2, 0.25) is 5.91 Å². The van der Waals surface area contributed by atoms with Crippen LogP contribution < -0.4 is 9.47 Å². The Labute approximate surface area is 163 Å². The van der Waals surface area contributed by atoms with E-state index in [1.54, 1.807) is 0 Å². The second-order valence-corrected chi connectivity index (χ2v) is 6.79. The first-order valence-electron chi connectivity index (χ1n) is 8.30. The minimum Gasteiger partial charge on any atom is -0.496 e. The van der Waals surface area contributed by atoms with Crippen LogP contribution in [0.3, 0.4) is 0 Å². The molecule has 0 bridgehead atoms. The number of benzene rings is 2. The van der Waals surface area contributed by atoms with Crippen molar-refractivity contribution in [2.75, 3.05) is 7.11 Å². The number of carbonyl (C=O) groups is 1. The number of hydrogen-bond acceptors (Lipinski definition) is 3. The molecular weight excluding hydrogens is 402 g/mol. The Kier molecular flexibility index (Phi) is 5.69. The highest BCUT2D eigenvalue weighted by Gasteiger charge is 2.40. The largest absolute Gasteiger partial charge is 0.573 e. The highest BCUT2D eigenvalue weighted by molar-refractivity contribution is 6.31. The Hall–Kier alpha value is -2.48. The predicted octanol–water partition coefficient (Wildman–Crippen LogP) is 4.81. The Morgan fingerprint density at radius 1 is 1.18 bits per heavy atom. The second-order valence-electron chi connectivity index (χ2n) is 6.26. The van der Waals surface area contributed by atoms with Gasteiger partial charge >= 0.3 is 6.36 Å². The maximum Gasteiger partial charge on any atom is 0.573 e. The fourth-order valence-corrected chi connectivity index (χ4v) is 3.49. The Morgan fingerprint density at radius 3 is 2.46 bits per heavy atom. The zero-order valence-corrected chi connectivity index (χ0v) is 15.4. The summed E-state index contributed by atoms with van der Waals surface area (Å²) in [7, 11) is 1.40. The van der Waals surface area contributed by atoms with Gasteiger partial charge in [0.25, 0.3) is 0 Å². The molecule has 1 amide bonds. The first kappa shape index (κ1) is 20.3. The monoisotopic (exact) mass is 417 g/mol. The third-order valence-corrected chi connectivity index (χ3v) is 4.79. The molecule has 1 heterocycles. The van der Waals surface area contributed by atoms with Crippen molar-refractivity contribution >= 4 is 17.5 Å². The van der Waals surface area contributed by atoms with Crippen LogP contribution in [0.4, 0.5) is 17.6 Å². The molecule has 1 aliphatic rings. The molecule has 0 radical (unpaired) electrons. The molecule has 2 atom stereocenters. The highest BCUT2D eigenvalue weighted by atomic mass is 35.5. The molecular formula is C19H16ClF4NO3. The smallest absolute Gasteiger partial charge is 0.496 e. The number of amides is 1. The van der Waals surface area contributed by atoms with Crippen LogP contribution in [0.1, 0.15) is 23.6 Å². The Morgan fingerprint density at radius 2 is 1.86 bits per heavy atom. The number of halogens is 5. The first-order valence-corrected chi connectivity index (χ1v) is 8.74. The van der Waals surface area contributed by atoms with Crippen molar-refractivity contribution in [3.8, 4) is 11.5 Å². The molecule has 2 aromatic rings. The highest BCUT2D eigenvalue weighted by Crippen LogP contribution is 2.40. The van der Waals surface area contributed by atoms with Crippen LogP contribution in [0.15, 0.2) is 42.5 Å². The van der Waals surface area contributed by atoms with Gasteiger partial charge in [-0.15, -0.1) is 24.8 Å². The standard InChI is InChI=1S/C19H16ClF4NO3/c1-27-17-8-12(21)4-7-14(17)16-9-15(20)18(26)25(16)10-11-2-5-13(6-3-11)28-19(22,23)24/h2-8,15-16H,9-10H2,1H3/t15-,16+/m0/s1. The normalized spacial score (nSPS) is 19.8. The van der Waals surface area contributed by atoms with Gasteiger partial charge in [-0.25, -0.2) is 4.39 Å². The molecule has 0 unspecified atom stereocenters. The third-order valence-electron chi connectivity index (χ3n) is 4.42. The van der Waals surface area contributed by atoms with Gasteiger partial charge in [0, 0.05) is 18.2 Å². The maximum absolute atomic E-state index is 13.5. The van der Waals surface area contributed by atoms with E-state index in [9.17, 15) is 22.4 Å². The van der Waals surface area contributed by atoms with Gasteiger partial charge in [-0.3, -0.25) is 4.79 Å². The Balaban J connectivity index is 1.84. The molecule has 1 fully saturated rings. The summed E-state index contributed by atoms with van der Waals surface area (Å²) in [5.41, 5.74) is 1.21. The zero-order chi connectivity index (χ0) is 20.5. The average molecular weight is 418 g/mol. The lowest BCUT2D eigenvalue weighted by atomic mass is 10.0. The Bertz CT molecular complexity index is 857. The molecule has 4 nitrogen and oxygen atoms in total. The van der Waals surface area contributed by atoms with Crippen molar-refractivity contribution in [3.05, 3.63) is 59.4 Å². The van der Waals surface area contributed by atoms with Gasteiger partial charge in [-0.2, -0.15) is 0 Å². The summed E-state index contributed by atoms with van der Waals surface area (Å²) < 4.78 is 59.4. The molecule has 0 spiro atoms. The SMILES string of the molecule is COc1cc(F)ccc1[C@H]1C[C@H](Cl)C(=O)N1Cc1ccc(OC(F)(F)F)cc1. The number of carbonyl (C=O) groups excluding carboxylic acids is 1. The molecule has 3 rings (SSSR count). The van der Waals surface area contributed by atoms with Gasteiger partial charge in [0.15, 0.2) is 0 Å². The summed E-state index contributed by atoms with van der Waals surface area (Å²) in [6, 6.07) is 8.81. The quantitative estimate of drug-likeness (QED) is 0.517. The molecule has 1 aliphatic heterocycles. The van der Waals surface area contributed by atoms with Crippen molar-refractivity contribution in [2.45, 2.75) is 30.7 Å². The molecule has 150 valence electrons. The summed E-state index contributed by atoms with van der Waals surface area (Å²) in [4.78, 5) is 14.0. The predicted molar refractivity (Wildman–Crippen MR) is 93.6 cm³/mol. The van der Waals surface area contributed by atoms with Crippen LogP contribution in [-0.4, -0.2) is 29.7 Å². The minimum absolute atomic E-state index is 0.125. The summed E-state index contributed by atoms with van der Waals surface area (Å²) in [5, 5.41) is -0.757. The van der Waals surface area contributed by atoms with Gasteiger partial charge < -0.3 is 14.4 Å². The average Bonchev–Trinajstić information content (AvgIpc) is 2.90. The van der Waals surface area contributed by atoms with Crippen molar-refractivity contribution in [1.82, 2.24) is 4.90 Å². The lowest BCUT2D eigenvalue weighted by molar-refractivity contribution is -0.274. The van der Waals surface area contributed by atoms with E-state index in [1.165, 1.54) is 54.5 Å².